The van der Waals surface area contributed by atoms with E-state index in [9.17, 15) is 0 Å². The van der Waals surface area contributed by atoms with Crippen molar-refractivity contribution in [1.82, 2.24) is 9.36 Å². The zero-order valence-corrected chi connectivity index (χ0v) is 3.70. The smallest absolute Gasteiger partial charge is 0.232 e. The number of nitrogens with zero attached hydrogens (tertiary/aromatic N) is 2. The van der Waals surface area contributed by atoms with E-state index in [1.54, 1.807) is 0 Å². The van der Waals surface area contributed by atoms with Crippen LogP contribution in [0.4, 0.5) is 5.95 Å². The Morgan fingerprint density at radius 1 is 1.83 bits per heavy atom. The molecule has 1 aromatic heterocycles. The van der Waals surface area contributed by atoms with Crippen LogP contribution in [0.15, 0.2) is 0 Å². The molecule has 1 heterocycles. The Balaban J connectivity index is 3.05. The number of hydrogen-bond donors (Lipinski definition) is 1. The monoisotopic (exact) mass is 100.0 g/mol. The van der Waals surface area contributed by atoms with E-state index in [2.05, 4.69) is 14.9 Å². The number of hydrogen-bond acceptors (Lipinski definition) is 4. The SMILES string of the molecule is Nc1n[c]sn1. The van der Waals surface area contributed by atoms with Gasteiger partial charge >= 0.3 is 0 Å². The van der Waals surface area contributed by atoms with Crippen molar-refractivity contribution in [2.75, 3.05) is 5.73 Å². The van der Waals surface area contributed by atoms with E-state index in [0.717, 1.165) is 11.5 Å². The standard InChI is InChI=1S/C2H2N3S/c3-2-4-1-6-5-2/h(H2,3,5). The fourth-order valence-electron chi connectivity index (χ4n) is 0.155. The van der Waals surface area contributed by atoms with Crippen LogP contribution in [0.2, 0.25) is 0 Å². The second kappa shape index (κ2) is 1.22. The molecule has 0 spiro atoms. The number of nitrogens with two attached hydrogens (primary N) is 1. The van der Waals surface area contributed by atoms with Crippen molar-refractivity contribution in [3.05, 3.63) is 5.51 Å². The second-order valence-corrected chi connectivity index (χ2v) is 1.29. The predicted octanol–water partition coefficient (Wildman–Crippen LogP) is -0.0795. The van der Waals surface area contributed by atoms with Gasteiger partial charge in [-0.05, 0) is 11.5 Å². The molecule has 6 heavy (non-hydrogen) atoms. The fourth-order valence-corrected chi connectivity index (χ4v) is 0.464. The van der Waals surface area contributed by atoms with E-state index >= 15 is 0 Å². The van der Waals surface area contributed by atoms with Crippen LogP contribution in [0.25, 0.3) is 0 Å². The first-order valence-electron chi connectivity index (χ1n) is 1.35. The zero-order valence-electron chi connectivity index (χ0n) is 2.88. The molecule has 0 fully saturated rings. The molecular weight excluding hydrogens is 98.1 g/mol. The first-order chi connectivity index (χ1) is 2.89. The van der Waals surface area contributed by atoms with Gasteiger partial charge in [-0.15, -0.1) is 0 Å². The van der Waals surface area contributed by atoms with Gasteiger partial charge in [-0.25, -0.2) is 0 Å². The van der Waals surface area contributed by atoms with E-state index in [1.165, 1.54) is 0 Å². The van der Waals surface area contributed by atoms with Crippen molar-refractivity contribution in [3.8, 4) is 0 Å². The van der Waals surface area contributed by atoms with Gasteiger partial charge in [-0.3, -0.25) is 0 Å². The van der Waals surface area contributed by atoms with Gasteiger partial charge in [0.2, 0.25) is 5.95 Å². The quantitative estimate of drug-likeness (QED) is 0.496. The lowest BCUT2D eigenvalue weighted by atomic mass is 11.1. The van der Waals surface area contributed by atoms with Crippen molar-refractivity contribution >= 4 is 17.5 Å². The van der Waals surface area contributed by atoms with Crippen LogP contribution in [-0.4, -0.2) is 9.36 Å². The maximum absolute atomic E-state index is 5.03. The maximum Gasteiger partial charge on any atom is 0.232 e. The predicted molar refractivity (Wildman–Crippen MR) is 23.2 cm³/mol. The Bertz CT molecular complexity index is 112. The first kappa shape index (κ1) is 3.55. The average Bonchev–Trinajstić information content (AvgIpc) is 1.86. The molecule has 0 aromatic carbocycles. The summed E-state index contributed by atoms with van der Waals surface area (Å²) < 4.78 is 3.57. The van der Waals surface area contributed by atoms with Gasteiger partial charge in [0.1, 0.15) is 0 Å². The molecule has 0 amide bonds. The molecular formula is C2H2N3S. The Hall–Kier alpha value is -0.640. The van der Waals surface area contributed by atoms with Crippen LogP contribution in [0, 0.1) is 5.51 Å². The summed E-state index contributed by atoms with van der Waals surface area (Å²) in [5.74, 6) is 0.306. The van der Waals surface area contributed by atoms with Crippen molar-refractivity contribution in [3.63, 3.8) is 0 Å². The van der Waals surface area contributed by atoms with Crippen LogP contribution < -0.4 is 5.73 Å². The van der Waals surface area contributed by atoms with E-state index < -0.39 is 0 Å². The van der Waals surface area contributed by atoms with E-state index in [-0.39, 0.29) is 0 Å². The molecule has 0 saturated carbocycles. The molecule has 0 unspecified atom stereocenters. The minimum atomic E-state index is 0.306. The number of rotatable bonds is 0. The molecule has 0 saturated heterocycles. The van der Waals surface area contributed by atoms with E-state index in [0.29, 0.717) is 5.95 Å². The maximum atomic E-state index is 5.03. The molecule has 1 radical (unpaired) electrons. The van der Waals surface area contributed by atoms with Crippen LogP contribution in [0.5, 0.6) is 0 Å². The normalized spacial score (nSPS) is 8.67. The fraction of sp³-hybridized carbons (Fsp3) is 0. The zero-order chi connectivity index (χ0) is 4.41. The van der Waals surface area contributed by atoms with Crippen molar-refractivity contribution < 1.29 is 0 Å². The Labute approximate surface area is 39.0 Å². The van der Waals surface area contributed by atoms with E-state index in [1.807, 2.05) is 0 Å². The minimum absolute atomic E-state index is 0.306. The molecule has 4 heteroatoms. The Kier molecular flexibility index (Phi) is 0.719. The van der Waals surface area contributed by atoms with Crippen LogP contribution in [-0.2, 0) is 0 Å². The third kappa shape index (κ3) is 0.463. The summed E-state index contributed by atoms with van der Waals surface area (Å²) in [7, 11) is 0. The third-order valence-electron chi connectivity index (χ3n) is 0.340. The largest absolute Gasteiger partial charge is 0.367 e. The lowest BCUT2D eigenvalue weighted by Gasteiger charge is -1.65. The van der Waals surface area contributed by atoms with Gasteiger partial charge in [-0.2, -0.15) is 9.36 Å². The lowest BCUT2D eigenvalue weighted by Crippen LogP contribution is -1.83. The van der Waals surface area contributed by atoms with Gasteiger partial charge in [0.05, 0.1) is 0 Å². The second-order valence-electron chi connectivity index (χ2n) is 0.744. The van der Waals surface area contributed by atoms with Gasteiger partial charge in [-0.1, -0.05) is 0 Å². The van der Waals surface area contributed by atoms with Gasteiger partial charge < -0.3 is 5.73 Å². The first-order valence-corrected chi connectivity index (χ1v) is 2.12. The molecule has 0 aliphatic rings. The lowest BCUT2D eigenvalue weighted by molar-refractivity contribution is 1.33. The van der Waals surface area contributed by atoms with E-state index in [4.69, 9.17) is 5.73 Å². The third-order valence-corrected chi connectivity index (χ3v) is 0.791. The summed E-state index contributed by atoms with van der Waals surface area (Å²) in [5.41, 5.74) is 7.52. The number of anilines is 1. The summed E-state index contributed by atoms with van der Waals surface area (Å²) in [4.78, 5) is 3.48. The summed E-state index contributed by atoms with van der Waals surface area (Å²) in [6.07, 6.45) is 0. The highest BCUT2D eigenvalue weighted by Gasteiger charge is 1.79. The van der Waals surface area contributed by atoms with Crippen LogP contribution in [0.1, 0.15) is 0 Å². The molecule has 1 aromatic rings. The van der Waals surface area contributed by atoms with Gasteiger partial charge in [0.15, 0.2) is 5.51 Å². The van der Waals surface area contributed by atoms with Crippen molar-refractivity contribution in [2.24, 2.45) is 0 Å². The van der Waals surface area contributed by atoms with Gasteiger partial charge in [0.25, 0.3) is 0 Å². The highest BCUT2D eigenvalue weighted by molar-refractivity contribution is 7.02. The van der Waals surface area contributed by atoms with Gasteiger partial charge in [0, 0.05) is 0 Å². The number of nitrogen functional groups attached to an aromatic ring is 1. The topological polar surface area (TPSA) is 51.8 Å². The molecule has 2 N–H and O–H groups in total. The Morgan fingerprint density at radius 3 is 2.83 bits per heavy atom. The van der Waals surface area contributed by atoms with Crippen LogP contribution in [0.3, 0.4) is 0 Å². The minimum Gasteiger partial charge on any atom is -0.367 e. The molecule has 1 rings (SSSR count). The molecule has 31 valence electrons. The highest BCUT2D eigenvalue weighted by Crippen LogP contribution is 1.89. The summed E-state index contributed by atoms with van der Waals surface area (Å²) in [6.45, 7) is 0. The molecule has 0 bridgehead atoms. The average molecular weight is 100 g/mol. The Morgan fingerprint density at radius 2 is 2.67 bits per heavy atom. The molecule has 0 aliphatic heterocycles. The highest BCUT2D eigenvalue weighted by atomic mass is 32.1. The van der Waals surface area contributed by atoms with Crippen molar-refractivity contribution in [1.29, 1.82) is 0 Å². The number of aromatic nitrogens is 2. The van der Waals surface area contributed by atoms with Crippen LogP contribution >= 0.6 is 11.5 Å². The molecule has 3 nitrogen and oxygen atoms in total. The summed E-state index contributed by atoms with van der Waals surface area (Å²) in [5, 5.41) is 0. The molecule has 0 aliphatic carbocycles. The van der Waals surface area contributed by atoms with Crippen molar-refractivity contribution in [2.45, 2.75) is 0 Å². The summed E-state index contributed by atoms with van der Waals surface area (Å²) in [6, 6.07) is 0. The molecule has 0 atom stereocenters. The summed E-state index contributed by atoms with van der Waals surface area (Å²) >= 11 is 1.13.